The number of ether oxygens (including phenoxy) is 2. The van der Waals surface area contributed by atoms with Gasteiger partial charge in [-0.2, -0.15) is 0 Å². The zero-order valence-electron chi connectivity index (χ0n) is 13.7. The second kappa shape index (κ2) is 4.70. The number of fused-ring (bicyclic) bond motifs is 7. The van der Waals surface area contributed by atoms with Crippen LogP contribution in [0.25, 0.3) is 10.9 Å². The molecule has 0 saturated heterocycles. The van der Waals surface area contributed by atoms with Crippen LogP contribution >= 0.6 is 0 Å². The highest BCUT2D eigenvalue weighted by molar-refractivity contribution is 5.86. The van der Waals surface area contributed by atoms with E-state index in [1.54, 1.807) is 6.07 Å². The summed E-state index contributed by atoms with van der Waals surface area (Å²) < 4.78 is 11.2. The SMILES string of the molecule is Oc1ccc2[nH]c3c(c2c1)C[C@H]1c2cc4c(cc2CCN1C3)OCO4. The summed E-state index contributed by atoms with van der Waals surface area (Å²) in [6, 6.07) is 10.3. The van der Waals surface area contributed by atoms with Gasteiger partial charge in [-0.25, -0.2) is 0 Å². The number of phenols is 1. The molecule has 25 heavy (non-hydrogen) atoms. The van der Waals surface area contributed by atoms with Crippen LogP contribution in [0.4, 0.5) is 0 Å². The largest absolute Gasteiger partial charge is 0.508 e. The summed E-state index contributed by atoms with van der Waals surface area (Å²) >= 11 is 0. The normalized spacial score (nSPS) is 21.0. The Bertz CT molecular complexity index is 1020. The van der Waals surface area contributed by atoms with E-state index in [0.717, 1.165) is 48.3 Å². The number of rotatable bonds is 0. The van der Waals surface area contributed by atoms with Crippen molar-refractivity contribution < 1.29 is 14.6 Å². The van der Waals surface area contributed by atoms with Crippen molar-refractivity contribution in [3.63, 3.8) is 0 Å². The minimum atomic E-state index is 0.318. The van der Waals surface area contributed by atoms with Gasteiger partial charge in [0.2, 0.25) is 6.79 Å². The van der Waals surface area contributed by atoms with Crippen molar-refractivity contribution in [2.24, 2.45) is 0 Å². The van der Waals surface area contributed by atoms with Gasteiger partial charge in [-0.1, -0.05) is 0 Å². The Hall–Kier alpha value is -2.66. The first kappa shape index (κ1) is 13.6. The Kier molecular flexibility index (Phi) is 2.56. The summed E-state index contributed by atoms with van der Waals surface area (Å²) in [6.45, 7) is 2.29. The minimum Gasteiger partial charge on any atom is -0.508 e. The molecule has 0 amide bonds. The fourth-order valence-electron chi connectivity index (χ4n) is 4.63. The van der Waals surface area contributed by atoms with Gasteiger partial charge in [-0.15, -0.1) is 0 Å². The molecule has 5 nitrogen and oxygen atoms in total. The number of H-pyrrole nitrogens is 1. The third-order valence-corrected chi connectivity index (χ3v) is 5.84. The van der Waals surface area contributed by atoms with Crippen LogP contribution in [0.1, 0.15) is 28.4 Å². The zero-order valence-corrected chi connectivity index (χ0v) is 13.7. The maximum atomic E-state index is 9.89. The second-order valence-electron chi connectivity index (χ2n) is 7.16. The first-order valence-corrected chi connectivity index (χ1v) is 8.75. The van der Waals surface area contributed by atoms with Gasteiger partial charge in [-0.05, 0) is 59.9 Å². The second-order valence-corrected chi connectivity index (χ2v) is 7.16. The Labute approximate surface area is 144 Å². The van der Waals surface area contributed by atoms with Gasteiger partial charge in [-0.3, -0.25) is 4.90 Å². The van der Waals surface area contributed by atoms with E-state index < -0.39 is 0 Å². The molecule has 3 aromatic rings. The van der Waals surface area contributed by atoms with E-state index >= 15 is 0 Å². The molecule has 0 saturated carbocycles. The number of aromatic amines is 1. The van der Waals surface area contributed by atoms with Crippen LogP contribution in [0.3, 0.4) is 0 Å². The standard InChI is InChI=1S/C20H18N2O3/c23-12-1-2-16-14(6-12)15-7-18-13-8-20-19(24-10-25-20)5-11(13)3-4-22(18)9-17(15)21-16/h1-2,5-6,8,18,21,23H,3-4,7,9-10H2/t18-/m0/s1. The van der Waals surface area contributed by atoms with Crippen molar-refractivity contribution >= 4 is 10.9 Å². The molecule has 5 heteroatoms. The van der Waals surface area contributed by atoms with E-state index in [0.29, 0.717) is 18.6 Å². The molecule has 3 aliphatic rings. The lowest BCUT2D eigenvalue weighted by Crippen LogP contribution is -2.39. The molecule has 2 aromatic carbocycles. The van der Waals surface area contributed by atoms with E-state index in [4.69, 9.17) is 9.47 Å². The fourth-order valence-corrected chi connectivity index (χ4v) is 4.63. The van der Waals surface area contributed by atoms with Crippen LogP contribution in [0.5, 0.6) is 17.2 Å². The number of aromatic nitrogens is 1. The smallest absolute Gasteiger partial charge is 0.231 e. The summed E-state index contributed by atoms with van der Waals surface area (Å²) in [5.74, 6) is 2.06. The summed E-state index contributed by atoms with van der Waals surface area (Å²) in [4.78, 5) is 6.09. The van der Waals surface area contributed by atoms with Crippen LogP contribution in [0.2, 0.25) is 0 Å². The first-order valence-electron chi connectivity index (χ1n) is 8.75. The van der Waals surface area contributed by atoms with Crippen molar-refractivity contribution in [1.82, 2.24) is 9.88 Å². The molecule has 1 aromatic heterocycles. The van der Waals surface area contributed by atoms with Gasteiger partial charge in [0.05, 0.1) is 0 Å². The molecule has 0 aliphatic carbocycles. The van der Waals surface area contributed by atoms with E-state index in [2.05, 4.69) is 22.0 Å². The van der Waals surface area contributed by atoms with Gasteiger partial charge in [0.1, 0.15) is 5.75 Å². The molecule has 0 radical (unpaired) electrons. The molecule has 0 bridgehead atoms. The molecule has 0 spiro atoms. The third-order valence-electron chi connectivity index (χ3n) is 5.84. The lowest BCUT2D eigenvalue weighted by molar-refractivity contribution is 0.159. The van der Waals surface area contributed by atoms with Crippen molar-refractivity contribution in [2.45, 2.75) is 25.4 Å². The molecule has 6 rings (SSSR count). The number of hydrogen-bond donors (Lipinski definition) is 2. The topological polar surface area (TPSA) is 57.7 Å². The van der Waals surface area contributed by atoms with E-state index in [1.165, 1.54) is 22.4 Å². The minimum absolute atomic E-state index is 0.318. The maximum Gasteiger partial charge on any atom is 0.231 e. The fraction of sp³-hybridized carbons (Fsp3) is 0.300. The van der Waals surface area contributed by atoms with Crippen LogP contribution in [-0.2, 0) is 19.4 Å². The number of nitrogens with zero attached hydrogens (tertiary/aromatic N) is 1. The molecule has 0 unspecified atom stereocenters. The highest BCUT2D eigenvalue weighted by Gasteiger charge is 2.35. The Morgan fingerprint density at radius 3 is 2.92 bits per heavy atom. The van der Waals surface area contributed by atoms with Crippen molar-refractivity contribution in [3.05, 3.63) is 52.7 Å². The average Bonchev–Trinajstić information content (AvgIpc) is 3.21. The predicted molar refractivity (Wildman–Crippen MR) is 93.1 cm³/mol. The van der Waals surface area contributed by atoms with Crippen LogP contribution in [0, 0.1) is 0 Å². The van der Waals surface area contributed by atoms with Crippen LogP contribution in [0.15, 0.2) is 30.3 Å². The molecule has 2 N–H and O–H groups in total. The Morgan fingerprint density at radius 1 is 1.12 bits per heavy atom. The lowest BCUT2D eigenvalue weighted by atomic mass is 9.85. The number of nitrogens with one attached hydrogen (secondary N) is 1. The zero-order chi connectivity index (χ0) is 16.5. The Balaban J connectivity index is 1.49. The van der Waals surface area contributed by atoms with Gasteiger partial charge >= 0.3 is 0 Å². The van der Waals surface area contributed by atoms with Crippen molar-refractivity contribution in [3.8, 4) is 17.2 Å². The first-order chi connectivity index (χ1) is 12.3. The number of benzene rings is 2. The summed E-state index contributed by atoms with van der Waals surface area (Å²) in [5, 5.41) is 11.0. The summed E-state index contributed by atoms with van der Waals surface area (Å²) in [6.07, 6.45) is 1.99. The number of aromatic hydroxyl groups is 1. The van der Waals surface area contributed by atoms with Crippen molar-refractivity contribution in [1.29, 1.82) is 0 Å². The number of phenolic OH excluding ortho intramolecular Hbond substituents is 1. The monoisotopic (exact) mass is 334 g/mol. The molecule has 4 heterocycles. The summed E-state index contributed by atoms with van der Waals surface area (Å²) in [7, 11) is 0. The highest BCUT2D eigenvalue weighted by atomic mass is 16.7. The molecular weight excluding hydrogens is 316 g/mol. The van der Waals surface area contributed by atoms with E-state index in [-0.39, 0.29) is 0 Å². The lowest BCUT2D eigenvalue weighted by Gasteiger charge is -2.40. The average molecular weight is 334 g/mol. The van der Waals surface area contributed by atoms with E-state index in [1.807, 2.05) is 12.1 Å². The molecule has 0 fully saturated rings. The molecule has 1 atom stereocenters. The van der Waals surface area contributed by atoms with Gasteiger partial charge < -0.3 is 19.6 Å². The molecule has 3 aliphatic heterocycles. The summed E-state index contributed by atoms with van der Waals surface area (Å²) in [5.41, 5.74) is 6.44. The van der Waals surface area contributed by atoms with Gasteiger partial charge in [0, 0.05) is 35.7 Å². The Morgan fingerprint density at radius 2 is 2.00 bits per heavy atom. The van der Waals surface area contributed by atoms with E-state index in [9.17, 15) is 5.11 Å². The quantitative estimate of drug-likeness (QED) is 0.662. The third kappa shape index (κ3) is 1.87. The van der Waals surface area contributed by atoms with Gasteiger partial charge in [0.25, 0.3) is 0 Å². The van der Waals surface area contributed by atoms with Crippen molar-refractivity contribution in [2.75, 3.05) is 13.3 Å². The van der Waals surface area contributed by atoms with Crippen LogP contribution < -0.4 is 9.47 Å². The molecular formula is C20H18N2O3. The highest BCUT2D eigenvalue weighted by Crippen LogP contribution is 2.45. The predicted octanol–water partition coefficient (Wildman–Crippen LogP) is 3.26. The molecule has 126 valence electrons. The van der Waals surface area contributed by atoms with Crippen LogP contribution in [-0.4, -0.2) is 28.3 Å². The number of hydrogen-bond acceptors (Lipinski definition) is 4. The maximum absolute atomic E-state index is 9.89. The van der Waals surface area contributed by atoms with Gasteiger partial charge in [0.15, 0.2) is 11.5 Å².